The number of benzene rings is 1. The Morgan fingerprint density at radius 1 is 0.767 bits per heavy atom. The maximum atomic E-state index is 14.0. The minimum absolute atomic E-state index is 0.0164. The van der Waals surface area contributed by atoms with E-state index >= 15 is 0 Å². The molecule has 28 nitrogen and oxygen atoms in total. The number of guanidine groups is 1. The van der Waals surface area contributed by atoms with Gasteiger partial charge in [-0.15, -0.1) is 0 Å². The quantitative estimate of drug-likeness (QED) is 0.0402. The van der Waals surface area contributed by atoms with Gasteiger partial charge in [-0.2, -0.15) is 0 Å². The molecule has 18 N–H and O–H groups in total. The molecular weight excluding hydrogens is 1000 g/mol. The van der Waals surface area contributed by atoms with Crippen LogP contribution in [-0.4, -0.2) is 189 Å². The van der Waals surface area contributed by atoms with Crippen LogP contribution in [0.3, 0.4) is 0 Å². The number of aliphatic carboxylic acids is 2. The van der Waals surface area contributed by atoms with E-state index in [-0.39, 0.29) is 68.4 Å². The Bertz CT molecular complexity index is 2190. The number of hydrogen-bond donors (Lipinski definition) is 15. The van der Waals surface area contributed by atoms with Gasteiger partial charge in [0.1, 0.15) is 48.0 Å². The van der Waals surface area contributed by atoms with E-state index in [0.717, 1.165) is 26.5 Å². The molecule has 2 aliphatic heterocycles. The first-order valence-corrected chi connectivity index (χ1v) is 25.6. The van der Waals surface area contributed by atoms with E-state index in [1.54, 1.807) is 13.8 Å². The highest BCUT2D eigenvalue weighted by Gasteiger charge is 2.39. The summed E-state index contributed by atoms with van der Waals surface area (Å²) in [7, 11) is 1.78. The molecule has 9 atom stereocenters. The van der Waals surface area contributed by atoms with E-state index in [2.05, 4.69) is 47.5 Å². The van der Waals surface area contributed by atoms with Crippen LogP contribution in [0, 0.1) is 5.92 Å². The van der Waals surface area contributed by atoms with Crippen molar-refractivity contribution in [1.82, 2.24) is 47.4 Å². The van der Waals surface area contributed by atoms with Gasteiger partial charge in [0, 0.05) is 31.0 Å². The van der Waals surface area contributed by atoms with Crippen LogP contribution in [0.15, 0.2) is 29.3 Å². The van der Waals surface area contributed by atoms with E-state index < -0.39 is 145 Å². The van der Waals surface area contributed by atoms with Gasteiger partial charge in [0.25, 0.3) is 0 Å². The monoisotopic (exact) mass is 1070 g/mol. The van der Waals surface area contributed by atoms with Gasteiger partial charge in [-0.3, -0.25) is 52.9 Å². The summed E-state index contributed by atoms with van der Waals surface area (Å²) in [5.74, 6) is -12.8. The third-order valence-electron chi connectivity index (χ3n) is 11.4. The second-order valence-electron chi connectivity index (χ2n) is 17.0. The lowest BCUT2D eigenvalue weighted by atomic mass is 9.97. The molecule has 0 aromatic heterocycles. The Labute approximate surface area is 427 Å². The van der Waals surface area contributed by atoms with Crippen molar-refractivity contribution in [3.05, 3.63) is 29.8 Å². The Morgan fingerprint density at radius 2 is 1.36 bits per heavy atom. The fraction of sp³-hybridized carbons (Fsp3) is 0.581. The molecule has 1 unspecified atom stereocenters. The molecule has 3 rings (SSSR count). The molecular formula is C43H65N13O15S2. The number of fused-ring (bicyclic) bond motifs is 1. The van der Waals surface area contributed by atoms with Crippen LogP contribution in [0.25, 0.3) is 0 Å². The topological polar surface area (TPSA) is 459 Å². The summed E-state index contributed by atoms with van der Waals surface area (Å²) in [5.41, 5.74) is 17.3. The predicted octanol–water partition coefficient (Wildman–Crippen LogP) is -5.56. The third kappa shape index (κ3) is 20.3. The minimum Gasteiger partial charge on any atom is -0.508 e. The van der Waals surface area contributed by atoms with Crippen LogP contribution >= 0.6 is 21.6 Å². The molecule has 0 radical (unpaired) electrons. The number of nitrogens with two attached hydrogens (primary N) is 3. The molecule has 73 heavy (non-hydrogen) atoms. The van der Waals surface area contributed by atoms with Crippen LogP contribution in [0.2, 0.25) is 0 Å². The molecule has 0 spiro atoms. The number of carbonyl (C=O) groups is 11. The molecule has 0 aliphatic carbocycles. The van der Waals surface area contributed by atoms with E-state index in [1.165, 1.54) is 24.3 Å². The molecule has 2 aliphatic rings. The first-order valence-electron chi connectivity index (χ1n) is 23.1. The fourth-order valence-corrected chi connectivity index (χ4v) is 9.52. The summed E-state index contributed by atoms with van der Waals surface area (Å²) in [6.45, 7) is 0.808. The van der Waals surface area contributed by atoms with Crippen LogP contribution in [-0.2, 0) is 59.2 Å². The van der Waals surface area contributed by atoms with Crippen LogP contribution in [0.5, 0.6) is 5.75 Å². The highest BCUT2D eigenvalue weighted by atomic mass is 33.1. The third-order valence-corrected chi connectivity index (χ3v) is 13.9. The summed E-state index contributed by atoms with van der Waals surface area (Å²) in [4.78, 5) is 151. The Kier molecular flexibility index (Phi) is 25.0. The van der Waals surface area contributed by atoms with Crippen molar-refractivity contribution in [2.45, 2.75) is 107 Å². The smallest absolute Gasteiger partial charge is 0.327 e. The van der Waals surface area contributed by atoms with E-state index in [9.17, 15) is 73.2 Å². The van der Waals surface area contributed by atoms with Crippen molar-refractivity contribution in [2.75, 3.05) is 44.3 Å². The Balaban J connectivity index is 1.98. The van der Waals surface area contributed by atoms with Gasteiger partial charge in [-0.25, -0.2) is 4.79 Å². The molecule has 1 aromatic rings. The number of carboxylic acid groups (broad SMARTS) is 2. The Hall–Kier alpha value is -6.92. The zero-order valence-corrected chi connectivity index (χ0v) is 41.8. The number of hydrogen-bond acceptors (Lipinski definition) is 17. The number of phenolic OH excluding ortho intramolecular Hbond substituents is 1. The second-order valence-corrected chi connectivity index (χ2v) is 19.6. The number of nitrogens with one attached hydrogen (secondary N) is 8. The molecule has 404 valence electrons. The maximum absolute atomic E-state index is 14.0. The zero-order chi connectivity index (χ0) is 54.4. The molecule has 2 fully saturated rings. The summed E-state index contributed by atoms with van der Waals surface area (Å²) < 4.78 is 0. The van der Waals surface area contributed by atoms with Crippen molar-refractivity contribution < 1.29 is 73.2 Å². The fourth-order valence-electron chi connectivity index (χ4n) is 7.24. The summed E-state index contributed by atoms with van der Waals surface area (Å²) in [6, 6.07) is -6.14. The number of carbonyl (C=O) groups excluding carboxylic acids is 9. The molecule has 30 heteroatoms. The highest BCUT2D eigenvalue weighted by Crippen LogP contribution is 2.24. The number of amides is 9. The lowest BCUT2D eigenvalue weighted by molar-refractivity contribution is -0.146. The number of aliphatic hydroxyl groups excluding tert-OH is 1. The van der Waals surface area contributed by atoms with Gasteiger partial charge in [-0.1, -0.05) is 54.0 Å². The lowest BCUT2D eigenvalue weighted by Gasteiger charge is -2.29. The molecule has 1 aromatic carbocycles. The average molecular weight is 1070 g/mol. The van der Waals surface area contributed by atoms with Crippen LogP contribution in [0.1, 0.15) is 57.9 Å². The van der Waals surface area contributed by atoms with E-state index in [0.29, 0.717) is 12.0 Å². The summed E-state index contributed by atoms with van der Waals surface area (Å²) in [6.07, 6.45) is -0.476. The number of nitrogens with zero attached hydrogens (tertiary/aromatic N) is 2. The second kappa shape index (κ2) is 30.2. The summed E-state index contributed by atoms with van der Waals surface area (Å²) in [5, 5.41) is 58.8. The van der Waals surface area contributed by atoms with Crippen LogP contribution < -0.4 is 59.7 Å². The number of phenols is 1. The average Bonchev–Trinajstić information content (AvgIpc) is 3.84. The maximum Gasteiger partial charge on any atom is 0.327 e. The minimum atomic E-state index is -1.70. The van der Waals surface area contributed by atoms with E-state index in [4.69, 9.17) is 17.2 Å². The van der Waals surface area contributed by atoms with Crippen molar-refractivity contribution in [1.29, 1.82) is 0 Å². The van der Waals surface area contributed by atoms with Crippen molar-refractivity contribution >= 4 is 92.7 Å². The van der Waals surface area contributed by atoms with Gasteiger partial charge in [-0.05, 0) is 49.3 Å². The van der Waals surface area contributed by atoms with Gasteiger partial charge in [0.2, 0.25) is 53.2 Å². The normalized spacial score (nSPS) is 25.8. The molecule has 2 saturated heterocycles. The number of aliphatic imine (C=N–C) groups is 1. The number of aromatic hydroxyl groups is 1. The zero-order valence-electron chi connectivity index (χ0n) is 40.1. The number of aliphatic hydroxyl groups is 1. The van der Waals surface area contributed by atoms with Crippen LogP contribution in [0.4, 0.5) is 0 Å². The molecule has 0 bridgehead atoms. The Morgan fingerprint density at radius 3 is 1.96 bits per heavy atom. The molecule has 0 saturated carbocycles. The highest BCUT2D eigenvalue weighted by molar-refractivity contribution is 8.76. The first-order chi connectivity index (χ1) is 34.5. The van der Waals surface area contributed by atoms with E-state index in [1.807, 2.05) is 0 Å². The molecule has 2 heterocycles. The van der Waals surface area contributed by atoms with Crippen molar-refractivity contribution in [3.63, 3.8) is 0 Å². The number of rotatable bonds is 12. The van der Waals surface area contributed by atoms with Gasteiger partial charge in [0.05, 0.1) is 32.2 Å². The largest absolute Gasteiger partial charge is 0.508 e. The molecule has 9 amide bonds. The van der Waals surface area contributed by atoms with Crippen molar-refractivity contribution in [3.8, 4) is 5.75 Å². The van der Waals surface area contributed by atoms with Gasteiger partial charge < -0.3 is 85.1 Å². The van der Waals surface area contributed by atoms with Gasteiger partial charge in [0.15, 0.2) is 5.96 Å². The SMILES string of the molecule is CCC(C)[C@H]1NC(=O)[C@H](Cc2ccc(O)cc2)NC(=O)CNC(=O)[C@@H]2CCCN2C(=O)[C@H](CC(=O)O)NC(=O)[C@@H](N)CSSC[C@H](C(=O)O)NC(=O)[C@@H](CCCN=C(N)N)NC(=O)[C@@H](CO)NC(=O)CNC1=O. The number of carboxylic acids is 2. The lowest BCUT2D eigenvalue weighted by Crippen LogP contribution is -2.59. The first kappa shape index (κ1) is 60.4. The predicted molar refractivity (Wildman–Crippen MR) is 263 cm³/mol. The summed E-state index contributed by atoms with van der Waals surface area (Å²) >= 11 is 0. The van der Waals surface area contributed by atoms with Crippen molar-refractivity contribution in [2.24, 2.45) is 28.1 Å². The standard InChI is InChI=1S/C43H65N13O15S2/c1-3-21(2)34-40(68)49-17-32(60)51-28(18-57)38(66)52-25(6-4-12-47-43(45)46)36(64)54-29(42(70)71)20-73-72-19-24(44)35(63)53-27(15-33(61)62)41(69)56-13-5-7-30(56)39(67)48-16-31(59)50-26(37(65)55-34)14-22-8-10-23(58)11-9-22/h8-11,21,24-30,34,57-58H,3-7,12-20,44H2,1-2H3,(H,48,67)(H,49,68)(H,50,59)(H,51,60)(H,52,66)(H,53,63)(H,54,64)(H,55,65)(H,61,62)(H,70,71)(H4,45,46,47)/t21?,24-,25+,26-,27-,28+,29+,30-,34+/m0/s1. The van der Waals surface area contributed by atoms with Gasteiger partial charge >= 0.3 is 11.9 Å².